The Balaban J connectivity index is 2.51. The Morgan fingerprint density at radius 1 is 1.29 bits per heavy atom. The van der Waals surface area contributed by atoms with E-state index in [1.807, 2.05) is 38.1 Å². The second-order valence-electron chi connectivity index (χ2n) is 3.46. The number of ether oxygens (including phenoxy) is 2. The van der Waals surface area contributed by atoms with E-state index in [0.29, 0.717) is 19.0 Å². The van der Waals surface area contributed by atoms with Gasteiger partial charge in [0, 0.05) is 6.07 Å². The molecule has 1 unspecified atom stereocenters. The molecule has 1 rings (SSSR count). The van der Waals surface area contributed by atoms with Crippen molar-refractivity contribution < 1.29 is 9.47 Å². The quantitative estimate of drug-likeness (QED) is 0.783. The molecule has 0 amide bonds. The van der Waals surface area contributed by atoms with E-state index < -0.39 is 0 Å². The normalized spacial score (nSPS) is 11.6. The molecule has 0 saturated carbocycles. The topological polar surface area (TPSA) is 54.3 Å². The lowest BCUT2D eigenvalue weighted by molar-refractivity contribution is 0.286. The number of hydrogen-bond donors (Lipinski definition) is 1. The summed E-state index contributed by atoms with van der Waals surface area (Å²) < 4.78 is 10.9. The van der Waals surface area contributed by atoms with E-state index in [4.69, 9.17) is 14.7 Å². The van der Waals surface area contributed by atoms with Gasteiger partial charge in [0.05, 0.1) is 12.7 Å². The third kappa shape index (κ3) is 4.75. The van der Waals surface area contributed by atoms with Crippen molar-refractivity contribution in [1.29, 1.82) is 5.26 Å². The molecule has 0 saturated heterocycles. The Hall–Kier alpha value is -1.73. The first-order valence-electron chi connectivity index (χ1n) is 5.78. The van der Waals surface area contributed by atoms with Crippen LogP contribution in [0.3, 0.4) is 0 Å². The molecule has 0 aromatic heterocycles. The Kier molecular flexibility index (Phi) is 5.91. The number of nitrogens with one attached hydrogen (secondary N) is 1. The number of likely N-dealkylation sites (N-methyl/N-ethyl adjacent to an activating group) is 1. The maximum atomic E-state index is 8.86. The van der Waals surface area contributed by atoms with Gasteiger partial charge in [-0.15, -0.1) is 0 Å². The molecule has 1 N–H and O–H groups in total. The van der Waals surface area contributed by atoms with E-state index in [0.717, 1.165) is 12.3 Å². The average Bonchev–Trinajstić information content (AvgIpc) is 2.35. The van der Waals surface area contributed by atoms with Gasteiger partial charge >= 0.3 is 0 Å². The van der Waals surface area contributed by atoms with Gasteiger partial charge in [0.25, 0.3) is 0 Å². The van der Waals surface area contributed by atoms with Gasteiger partial charge in [0.1, 0.15) is 24.1 Å². The van der Waals surface area contributed by atoms with Gasteiger partial charge in [0.2, 0.25) is 0 Å². The van der Waals surface area contributed by atoms with Crippen LogP contribution in [0.15, 0.2) is 24.3 Å². The molecule has 4 nitrogen and oxygen atoms in total. The van der Waals surface area contributed by atoms with Crippen LogP contribution in [0.2, 0.25) is 0 Å². The zero-order valence-electron chi connectivity index (χ0n) is 10.3. The Labute approximate surface area is 102 Å². The van der Waals surface area contributed by atoms with Crippen LogP contribution in [-0.2, 0) is 0 Å². The summed E-state index contributed by atoms with van der Waals surface area (Å²) in [7, 11) is 0. The van der Waals surface area contributed by atoms with Crippen LogP contribution in [0, 0.1) is 11.3 Å². The molecule has 0 bridgehead atoms. The predicted molar refractivity (Wildman–Crippen MR) is 66.2 cm³/mol. The zero-order valence-corrected chi connectivity index (χ0v) is 10.3. The fourth-order valence-corrected chi connectivity index (χ4v) is 1.39. The van der Waals surface area contributed by atoms with E-state index in [-0.39, 0.29) is 6.04 Å². The highest BCUT2D eigenvalue weighted by molar-refractivity contribution is 5.33. The molecule has 0 aliphatic carbocycles. The summed E-state index contributed by atoms with van der Waals surface area (Å²) >= 11 is 0. The van der Waals surface area contributed by atoms with Crippen molar-refractivity contribution >= 4 is 0 Å². The molecular formula is C13H18N2O2. The van der Waals surface area contributed by atoms with Crippen molar-refractivity contribution in [3.8, 4) is 17.6 Å². The fraction of sp³-hybridized carbons (Fsp3) is 0.462. The first-order chi connectivity index (χ1) is 8.30. The minimum atomic E-state index is -0.282. The minimum absolute atomic E-state index is 0.282. The molecule has 1 aromatic carbocycles. The monoisotopic (exact) mass is 234 g/mol. The Morgan fingerprint density at radius 2 is 2.00 bits per heavy atom. The molecular weight excluding hydrogens is 216 g/mol. The second-order valence-corrected chi connectivity index (χ2v) is 3.46. The van der Waals surface area contributed by atoms with Crippen molar-refractivity contribution in [3.63, 3.8) is 0 Å². The Morgan fingerprint density at radius 3 is 2.59 bits per heavy atom. The molecule has 17 heavy (non-hydrogen) atoms. The van der Waals surface area contributed by atoms with Crippen LogP contribution in [0.25, 0.3) is 0 Å². The van der Waals surface area contributed by atoms with E-state index in [2.05, 4.69) is 11.4 Å². The third-order valence-electron chi connectivity index (χ3n) is 2.14. The van der Waals surface area contributed by atoms with Crippen LogP contribution < -0.4 is 14.8 Å². The van der Waals surface area contributed by atoms with Crippen molar-refractivity contribution in [2.75, 3.05) is 19.8 Å². The van der Waals surface area contributed by atoms with Crippen molar-refractivity contribution in [1.82, 2.24) is 5.32 Å². The van der Waals surface area contributed by atoms with E-state index in [1.54, 1.807) is 0 Å². The average molecular weight is 234 g/mol. The number of benzene rings is 1. The van der Waals surface area contributed by atoms with Crippen molar-refractivity contribution in [2.24, 2.45) is 0 Å². The fourth-order valence-electron chi connectivity index (χ4n) is 1.39. The summed E-state index contributed by atoms with van der Waals surface area (Å²) in [4.78, 5) is 0. The standard InChI is InChI=1S/C13H18N2O2/c1-3-15-11(9-14)10-17-13-7-5-6-12(8-13)16-4-2/h5-8,11,15H,3-4,10H2,1-2H3. The molecule has 0 radical (unpaired) electrons. The van der Waals surface area contributed by atoms with Crippen LogP contribution >= 0.6 is 0 Å². The molecule has 1 atom stereocenters. The number of rotatable bonds is 7. The summed E-state index contributed by atoms with van der Waals surface area (Å²) in [5, 5.41) is 11.9. The molecule has 0 heterocycles. The van der Waals surface area contributed by atoms with Crippen LogP contribution in [-0.4, -0.2) is 25.8 Å². The first kappa shape index (κ1) is 13.3. The van der Waals surface area contributed by atoms with Gasteiger partial charge in [-0.05, 0) is 25.6 Å². The zero-order chi connectivity index (χ0) is 12.5. The summed E-state index contributed by atoms with van der Waals surface area (Å²) in [6, 6.07) is 9.28. The highest BCUT2D eigenvalue weighted by Crippen LogP contribution is 2.19. The lowest BCUT2D eigenvalue weighted by Crippen LogP contribution is -2.32. The van der Waals surface area contributed by atoms with E-state index >= 15 is 0 Å². The smallest absolute Gasteiger partial charge is 0.130 e. The molecule has 92 valence electrons. The summed E-state index contributed by atoms with van der Waals surface area (Å²) in [5.74, 6) is 1.50. The second kappa shape index (κ2) is 7.53. The van der Waals surface area contributed by atoms with Crippen molar-refractivity contribution in [3.05, 3.63) is 24.3 Å². The van der Waals surface area contributed by atoms with Gasteiger partial charge in [-0.3, -0.25) is 5.32 Å². The van der Waals surface area contributed by atoms with Gasteiger partial charge in [-0.1, -0.05) is 13.0 Å². The largest absolute Gasteiger partial charge is 0.494 e. The molecule has 0 fully saturated rings. The lowest BCUT2D eigenvalue weighted by Gasteiger charge is -2.12. The van der Waals surface area contributed by atoms with Gasteiger partial charge < -0.3 is 9.47 Å². The summed E-state index contributed by atoms with van der Waals surface area (Å²) in [6.07, 6.45) is 0. The summed E-state index contributed by atoms with van der Waals surface area (Å²) in [5.41, 5.74) is 0. The van der Waals surface area contributed by atoms with Crippen LogP contribution in [0.4, 0.5) is 0 Å². The van der Waals surface area contributed by atoms with Crippen LogP contribution in [0.1, 0.15) is 13.8 Å². The SMILES string of the molecule is CCNC(C#N)COc1cccc(OCC)c1. The molecule has 1 aromatic rings. The predicted octanol–water partition coefficient (Wildman–Crippen LogP) is 1.97. The van der Waals surface area contributed by atoms with Gasteiger partial charge in [-0.25, -0.2) is 0 Å². The lowest BCUT2D eigenvalue weighted by atomic mass is 10.3. The Bertz CT molecular complexity index is 374. The molecule has 4 heteroatoms. The molecule has 0 aliphatic rings. The van der Waals surface area contributed by atoms with Gasteiger partial charge in [-0.2, -0.15) is 5.26 Å². The minimum Gasteiger partial charge on any atom is -0.494 e. The van der Waals surface area contributed by atoms with E-state index in [1.165, 1.54) is 0 Å². The van der Waals surface area contributed by atoms with Crippen LogP contribution in [0.5, 0.6) is 11.5 Å². The number of nitrogens with zero attached hydrogens (tertiary/aromatic N) is 1. The number of nitriles is 1. The summed E-state index contributed by atoms with van der Waals surface area (Å²) in [6.45, 7) is 5.60. The van der Waals surface area contributed by atoms with Crippen molar-refractivity contribution in [2.45, 2.75) is 19.9 Å². The first-order valence-corrected chi connectivity index (χ1v) is 5.78. The molecule has 0 spiro atoms. The third-order valence-corrected chi connectivity index (χ3v) is 2.14. The maximum absolute atomic E-state index is 8.86. The molecule has 0 aliphatic heterocycles. The number of hydrogen-bond acceptors (Lipinski definition) is 4. The van der Waals surface area contributed by atoms with Gasteiger partial charge in [0.15, 0.2) is 0 Å². The maximum Gasteiger partial charge on any atom is 0.130 e. The highest BCUT2D eigenvalue weighted by Gasteiger charge is 2.06. The highest BCUT2D eigenvalue weighted by atomic mass is 16.5. The van der Waals surface area contributed by atoms with E-state index in [9.17, 15) is 0 Å².